The van der Waals surface area contributed by atoms with E-state index in [1.54, 1.807) is 12.1 Å². The SMILES string of the molecule is CNC(Cc1cc(Br)ccc1F)C1CCCC1. The highest BCUT2D eigenvalue weighted by molar-refractivity contribution is 9.10. The molecule has 0 saturated heterocycles. The third kappa shape index (κ3) is 3.29. The van der Waals surface area contributed by atoms with Crippen molar-refractivity contribution in [3.63, 3.8) is 0 Å². The van der Waals surface area contributed by atoms with Gasteiger partial charge in [0.05, 0.1) is 0 Å². The number of hydrogen-bond acceptors (Lipinski definition) is 1. The molecule has 1 fully saturated rings. The molecule has 0 amide bonds. The Balaban J connectivity index is 2.09. The molecule has 1 aliphatic carbocycles. The number of benzene rings is 1. The Kier molecular flexibility index (Phi) is 4.57. The van der Waals surface area contributed by atoms with E-state index in [1.807, 2.05) is 13.1 Å². The van der Waals surface area contributed by atoms with Gasteiger partial charge in [0.15, 0.2) is 0 Å². The van der Waals surface area contributed by atoms with Gasteiger partial charge in [-0.1, -0.05) is 28.8 Å². The van der Waals surface area contributed by atoms with Gasteiger partial charge in [-0.2, -0.15) is 0 Å². The average molecular weight is 300 g/mol. The molecule has 2 rings (SSSR count). The van der Waals surface area contributed by atoms with Gasteiger partial charge in [-0.3, -0.25) is 0 Å². The number of halogens is 2. The molecule has 0 heterocycles. The maximum Gasteiger partial charge on any atom is 0.126 e. The third-order valence-electron chi connectivity index (χ3n) is 3.79. The van der Waals surface area contributed by atoms with Gasteiger partial charge in [-0.25, -0.2) is 4.39 Å². The average Bonchev–Trinajstić information content (AvgIpc) is 2.84. The molecule has 0 spiro atoms. The molecule has 1 aliphatic rings. The first kappa shape index (κ1) is 13.0. The maximum atomic E-state index is 13.7. The molecular formula is C14H19BrFN. The van der Waals surface area contributed by atoms with Crippen LogP contribution >= 0.6 is 15.9 Å². The molecule has 1 aromatic rings. The van der Waals surface area contributed by atoms with Crippen molar-refractivity contribution in [3.8, 4) is 0 Å². The summed E-state index contributed by atoms with van der Waals surface area (Å²) in [5.74, 6) is 0.616. The Hall–Kier alpha value is -0.410. The van der Waals surface area contributed by atoms with E-state index >= 15 is 0 Å². The quantitative estimate of drug-likeness (QED) is 0.889. The molecule has 1 atom stereocenters. The molecular weight excluding hydrogens is 281 g/mol. The lowest BCUT2D eigenvalue weighted by molar-refractivity contribution is 0.373. The summed E-state index contributed by atoms with van der Waals surface area (Å²) in [4.78, 5) is 0. The summed E-state index contributed by atoms with van der Waals surface area (Å²) in [6.45, 7) is 0. The fraction of sp³-hybridized carbons (Fsp3) is 0.571. The molecule has 1 unspecified atom stereocenters. The van der Waals surface area contributed by atoms with Crippen molar-refractivity contribution in [1.82, 2.24) is 5.32 Å². The smallest absolute Gasteiger partial charge is 0.126 e. The topological polar surface area (TPSA) is 12.0 Å². The molecule has 0 aromatic heterocycles. The predicted octanol–water partition coefficient (Wildman–Crippen LogP) is 3.91. The lowest BCUT2D eigenvalue weighted by Crippen LogP contribution is -2.34. The lowest BCUT2D eigenvalue weighted by atomic mass is 9.92. The minimum atomic E-state index is -0.0913. The highest BCUT2D eigenvalue weighted by Crippen LogP contribution is 2.29. The first-order valence-electron chi connectivity index (χ1n) is 6.32. The Morgan fingerprint density at radius 3 is 2.76 bits per heavy atom. The summed E-state index contributed by atoms with van der Waals surface area (Å²) in [6, 6.07) is 5.60. The second-order valence-corrected chi connectivity index (χ2v) is 5.80. The second kappa shape index (κ2) is 5.96. The van der Waals surface area contributed by atoms with Gasteiger partial charge >= 0.3 is 0 Å². The van der Waals surface area contributed by atoms with Gasteiger partial charge in [0, 0.05) is 10.5 Å². The zero-order valence-corrected chi connectivity index (χ0v) is 11.8. The number of rotatable bonds is 4. The van der Waals surface area contributed by atoms with Crippen LogP contribution in [0, 0.1) is 11.7 Å². The van der Waals surface area contributed by atoms with E-state index in [4.69, 9.17) is 0 Å². The minimum Gasteiger partial charge on any atom is -0.316 e. The molecule has 1 N–H and O–H groups in total. The van der Waals surface area contributed by atoms with Gasteiger partial charge < -0.3 is 5.32 Å². The number of hydrogen-bond donors (Lipinski definition) is 1. The van der Waals surface area contributed by atoms with Gasteiger partial charge in [0.1, 0.15) is 5.82 Å². The summed E-state index contributed by atoms with van der Waals surface area (Å²) in [5.41, 5.74) is 0.811. The van der Waals surface area contributed by atoms with Crippen molar-refractivity contribution in [1.29, 1.82) is 0 Å². The van der Waals surface area contributed by atoms with Crippen LogP contribution in [0.5, 0.6) is 0 Å². The van der Waals surface area contributed by atoms with Crippen LogP contribution in [0.15, 0.2) is 22.7 Å². The largest absolute Gasteiger partial charge is 0.316 e. The van der Waals surface area contributed by atoms with Crippen LogP contribution < -0.4 is 5.32 Å². The zero-order chi connectivity index (χ0) is 12.3. The van der Waals surface area contributed by atoms with Crippen molar-refractivity contribution in [3.05, 3.63) is 34.1 Å². The molecule has 0 bridgehead atoms. The standard InChI is InChI=1S/C14H19BrFN/c1-17-14(10-4-2-3-5-10)9-11-8-12(15)6-7-13(11)16/h6-8,10,14,17H,2-5,9H2,1H3. The van der Waals surface area contributed by atoms with Crippen LogP contribution in [0.25, 0.3) is 0 Å². The summed E-state index contributed by atoms with van der Waals surface area (Å²) in [5, 5.41) is 3.36. The van der Waals surface area contributed by atoms with E-state index in [9.17, 15) is 4.39 Å². The number of likely N-dealkylation sites (N-methyl/N-ethyl adjacent to an activating group) is 1. The highest BCUT2D eigenvalue weighted by atomic mass is 79.9. The molecule has 3 heteroatoms. The molecule has 1 nitrogen and oxygen atoms in total. The van der Waals surface area contributed by atoms with Crippen molar-refractivity contribution in [2.75, 3.05) is 7.05 Å². The Morgan fingerprint density at radius 1 is 1.41 bits per heavy atom. The van der Waals surface area contributed by atoms with E-state index in [0.29, 0.717) is 12.0 Å². The first-order valence-corrected chi connectivity index (χ1v) is 7.11. The maximum absolute atomic E-state index is 13.7. The molecule has 0 radical (unpaired) electrons. The predicted molar refractivity (Wildman–Crippen MR) is 72.6 cm³/mol. The van der Waals surface area contributed by atoms with E-state index in [0.717, 1.165) is 16.5 Å². The van der Waals surface area contributed by atoms with Crippen LogP contribution in [0.2, 0.25) is 0 Å². The molecule has 17 heavy (non-hydrogen) atoms. The van der Waals surface area contributed by atoms with Crippen molar-refractivity contribution in [2.45, 2.75) is 38.1 Å². The number of nitrogens with one attached hydrogen (secondary N) is 1. The second-order valence-electron chi connectivity index (χ2n) is 4.88. The first-order chi connectivity index (χ1) is 8.20. The van der Waals surface area contributed by atoms with Crippen molar-refractivity contribution < 1.29 is 4.39 Å². The van der Waals surface area contributed by atoms with Crippen molar-refractivity contribution in [2.24, 2.45) is 5.92 Å². The van der Waals surface area contributed by atoms with Crippen LogP contribution in [0.3, 0.4) is 0 Å². The highest BCUT2D eigenvalue weighted by Gasteiger charge is 2.24. The Bertz CT molecular complexity index is 374. The summed E-state index contributed by atoms with van der Waals surface area (Å²) < 4.78 is 14.7. The van der Waals surface area contributed by atoms with E-state index in [1.165, 1.54) is 25.7 Å². The van der Waals surface area contributed by atoms with Crippen LogP contribution in [0.4, 0.5) is 4.39 Å². The van der Waals surface area contributed by atoms with Gasteiger partial charge in [0.25, 0.3) is 0 Å². The van der Waals surface area contributed by atoms with Gasteiger partial charge in [-0.15, -0.1) is 0 Å². The normalized spacial score (nSPS) is 18.5. The molecule has 1 saturated carbocycles. The van der Waals surface area contributed by atoms with Crippen molar-refractivity contribution >= 4 is 15.9 Å². The van der Waals surface area contributed by atoms with E-state index < -0.39 is 0 Å². The fourth-order valence-corrected chi connectivity index (χ4v) is 3.21. The monoisotopic (exact) mass is 299 g/mol. The molecule has 0 aliphatic heterocycles. The zero-order valence-electron chi connectivity index (χ0n) is 10.2. The lowest BCUT2D eigenvalue weighted by Gasteiger charge is -2.23. The van der Waals surface area contributed by atoms with Crippen LogP contribution in [0.1, 0.15) is 31.2 Å². The fourth-order valence-electron chi connectivity index (χ4n) is 2.80. The van der Waals surface area contributed by atoms with Crippen LogP contribution in [-0.2, 0) is 6.42 Å². The summed E-state index contributed by atoms with van der Waals surface area (Å²) in [6.07, 6.45) is 5.99. The van der Waals surface area contributed by atoms with Gasteiger partial charge in [0.2, 0.25) is 0 Å². The molecule has 94 valence electrons. The summed E-state index contributed by atoms with van der Waals surface area (Å²) >= 11 is 3.40. The Morgan fingerprint density at radius 2 is 2.12 bits per heavy atom. The minimum absolute atomic E-state index is 0.0913. The third-order valence-corrected chi connectivity index (χ3v) is 4.28. The van der Waals surface area contributed by atoms with E-state index in [2.05, 4.69) is 21.2 Å². The van der Waals surface area contributed by atoms with Crippen LogP contribution in [-0.4, -0.2) is 13.1 Å². The van der Waals surface area contributed by atoms with Gasteiger partial charge in [-0.05, 0) is 56.0 Å². The summed E-state index contributed by atoms with van der Waals surface area (Å²) in [7, 11) is 1.98. The Labute approximate surface area is 111 Å². The molecule has 1 aromatic carbocycles. The van der Waals surface area contributed by atoms with E-state index in [-0.39, 0.29) is 5.82 Å².